The second kappa shape index (κ2) is 7.56. The third kappa shape index (κ3) is 3.49. The van der Waals surface area contributed by atoms with Gasteiger partial charge in [-0.1, -0.05) is 48.9 Å². The summed E-state index contributed by atoms with van der Waals surface area (Å²) in [4.78, 5) is 19.2. The highest BCUT2D eigenvalue weighted by Crippen LogP contribution is 2.33. The summed E-state index contributed by atoms with van der Waals surface area (Å²) in [5.41, 5.74) is 3.55. The highest BCUT2D eigenvalue weighted by atomic mass is 35.5. The minimum Gasteiger partial charge on any atom is -0.445 e. The fourth-order valence-corrected chi connectivity index (χ4v) is 3.74. The lowest BCUT2D eigenvalue weighted by Crippen LogP contribution is -2.31. The topological polar surface area (TPSA) is 59.7 Å². The molecule has 27 heavy (non-hydrogen) atoms. The van der Waals surface area contributed by atoms with Gasteiger partial charge >= 0.3 is 6.09 Å². The number of rotatable bonds is 4. The lowest BCUT2D eigenvalue weighted by Gasteiger charge is -2.24. The summed E-state index contributed by atoms with van der Waals surface area (Å²) in [5, 5.41) is 4.79. The van der Waals surface area contributed by atoms with Gasteiger partial charge in [-0.3, -0.25) is 4.90 Å². The predicted molar refractivity (Wildman–Crippen MR) is 103 cm³/mol. The van der Waals surface area contributed by atoms with Gasteiger partial charge in [0.25, 0.3) is 0 Å². The van der Waals surface area contributed by atoms with E-state index in [1.807, 2.05) is 30.3 Å². The Hall–Kier alpha value is -2.60. The van der Waals surface area contributed by atoms with Crippen molar-refractivity contribution < 1.29 is 9.53 Å². The highest BCUT2D eigenvalue weighted by molar-refractivity contribution is 6.29. The summed E-state index contributed by atoms with van der Waals surface area (Å²) in [6, 6.07) is 11.4. The molecule has 0 saturated carbocycles. The summed E-state index contributed by atoms with van der Waals surface area (Å²) in [5.74, 6) is 0. The second-order valence-corrected chi connectivity index (χ2v) is 7.04. The van der Waals surface area contributed by atoms with Crippen LogP contribution in [-0.4, -0.2) is 32.1 Å². The molecule has 0 radical (unpaired) electrons. The maximum Gasteiger partial charge on any atom is 0.410 e. The van der Waals surface area contributed by atoms with Crippen molar-refractivity contribution >= 4 is 23.3 Å². The van der Waals surface area contributed by atoms with E-state index in [0.717, 1.165) is 41.7 Å². The van der Waals surface area contributed by atoms with Gasteiger partial charge in [0.1, 0.15) is 11.8 Å². The number of carbonyl (C=O) groups is 1. The molecule has 3 aromatic rings. The zero-order chi connectivity index (χ0) is 18.8. The van der Waals surface area contributed by atoms with E-state index in [4.69, 9.17) is 21.3 Å². The summed E-state index contributed by atoms with van der Waals surface area (Å²) in [7, 11) is 0. The fourth-order valence-electron chi connectivity index (χ4n) is 3.50. The predicted octanol–water partition coefficient (Wildman–Crippen LogP) is 4.42. The van der Waals surface area contributed by atoms with Crippen LogP contribution in [0.4, 0.5) is 4.79 Å². The summed E-state index contributed by atoms with van der Waals surface area (Å²) in [6.45, 7) is 2.98. The molecule has 0 spiro atoms. The molecule has 2 aromatic heterocycles. The maximum absolute atomic E-state index is 12.6. The van der Waals surface area contributed by atoms with Gasteiger partial charge in [0.15, 0.2) is 5.65 Å². The summed E-state index contributed by atoms with van der Waals surface area (Å²) < 4.78 is 7.16. The third-order valence-corrected chi connectivity index (χ3v) is 5.21. The number of benzene rings is 1. The molecule has 0 N–H and O–H groups in total. The number of aryl methyl sites for hydroxylation is 1. The number of hydrogen-bond acceptors (Lipinski definition) is 4. The van der Waals surface area contributed by atoms with Crippen LogP contribution in [0.15, 0.2) is 42.6 Å². The summed E-state index contributed by atoms with van der Waals surface area (Å²) in [6.07, 6.45) is 4.05. The molecular formula is C20H21ClN4O2. The molecule has 1 unspecified atom stereocenters. The van der Waals surface area contributed by atoms with E-state index in [1.165, 1.54) is 0 Å². The molecule has 1 amide bonds. The van der Waals surface area contributed by atoms with Crippen LogP contribution in [0.2, 0.25) is 5.15 Å². The van der Waals surface area contributed by atoms with Crippen molar-refractivity contribution in [2.45, 2.75) is 38.8 Å². The van der Waals surface area contributed by atoms with Crippen molar-refractivity contribution in [1.29, 1.82) is 0 Å². The van der Waals surface area contributed by atoms with E-state index >= 15 is 0 Å². The SMILES string of the molecule is CCc1cnn2c(Cl)cc(C3CCCN3C(=O)OCc3ccccc3)nc12. The van der Waals surface area contributed by atoms with Crippen LogP contribution in [0.3, 0.4) is 0 Å². The molecule has 1 aromatic carbocycles. The Morgan fingerprint density at radius 1 is 1.33 bits per heavy atom. The lowest BCUT2D eigenvalue weighted by molar-refractivity contribution is 0.0915. The van der Waals surface area contributed by atoms with E-state index in [0.29, 0.717) is 11.7 Å². The van der Waals surface area contributed by atoms with Crippen molar-refractivity contribution in [1.82, 2.24) is 19.5 Å². The number of amides is 1. The molecule has 1 atom stereocenters. The van der Waals surface area contributed by atoms with Gasteiger partial charge in [-0.15, -0.1) is 0 Å². The Morgan fingerprint density at radius 3 is 2.93 bits per heavy atom. The third-order valence-electron chi connectivity index (χ3n) is 4.94. The first-order chi connectivity index (χ1) is 13.2. The van der Waals surface area contributed by atoms with Crippen molar-refractivity contribution in [3.8, 4) is 0 Å². The van der Waals surface area contributed by atoms with E-state index in [1.54, 1.807) is 21.7 Å². The first-order valence-electron chi connectivity index (χ1n) is 9.17. The van der Waals surface area contributed by atoms with Crippen molar-refractivity contribution in [2.75, 3.05) is 6.54 Å². The molecule has 3 heterocycles. The zero-order valence-corrected chi connectivity index (χ0v) is 15.9. The Balaban J connectivity index is 1.55. The van der Waals surface area contributed by atoms with Gasteiger partial charge in [0.2, 0.25) is 0 Å². The number of aromatic nitrogens is 3. The Morgan fingerprint density at radius 2 is 2.15 bits per heavy atom. The minimum atomic E-state index is -0.316. The van der Waals surface area contributed by atoms with Crippen LogP contribution in [0.25, 0.3) is 5.65 Å². The van der Waals surface area contributed by atoms with Gasteiger partial charge < -0.3 is 4.74 Å². The number of ether oxygens (including phenoxy) is 1. The van der Waals surface area contributed by atoms with Crippen LogP contribution < -0.4 is 0 Å². The number of carbonyl (C=O) groups excluding carboxylic acids is 1. The molecule has 1 fully saturated rings. The van der Waals surface area contributed by atoms with Crippen LogP contribution >= 0.6 is 11.6 Å². The lowest BCUT2D eigenvalue weighted by atomic mass is 10.1. The Labute approximate surface area is 162 Å². The van der Waals surface area contributed by atoms with E-state index in [-0.39, 0.29) is 18.7 Å². The van der Waals surface area contributed by atoms with Gasteiger partial charge in [0, 0.05) is 12.1 Å². The molecule has 4 rings (SSSR count). The molecule has 0 aliphatic carbocycles. The average molecular weight is 385 g/mol. The number of hydrogen-bond donors (Lipinski definition) is 0. The number of fused-ring (bicyclic) bond motifs is 1. The van der Waals surface area contributed by atoms with Crippen molar-refractivity contribution in [2.24, 2.45) is 0 Å². The van der Waals surface area contributed by atoms with E-state index in [9.17, 15) is 4.79 Å². The standard InChI is InChI=1S/C20H21ClN4O2/c1-2-15-12-22-25-18(21)11-16(23-19(15)25)17-9-6-10-24(17)20(26)27-13-14-7-4-3-5-8-14/h3-5,7-8,11-12,17H,2,6,9-10,13H2,1H3. The second-order valence-electron chi connectivity index (χ2n) is 6.65. The quantitative estimate of drug-likeness (QED) is 0.625. The van der Waals surface area contributed by atoms with Gasteiger partial charge in [-0.25, -0.2) is 14.3 Å². The molecule has 1 aliphatic rings. The number of halogens is 1. The Bertz CT molecular complexity index is 957. The van der Waals surface area contributed by atoms with Crippen LogP contribution in [0.5, 0.6) is 0 Å². The average Bonchev–Trinajstić information content (AvgIpc) is 3.34. The molecule has 6 nitrogen and oxygen atoms in total. The zero-order valence-electron chi connectivity index (χ0n) is 15.1. The largest absolute Gasteiger partial charge is 0.445 e. The van der Waals surface area contributed by atoms with Gasteiger partial charge in [-0.05, 0) is 30.9 Å². The van der Waals surface area contributed by atoms with E-state index < -0.39 is 0 Å². The van der Waals surface area contributed by atoms with Crippen molar-refractivity contribution in [3.63, 3.8) is 0 Å². The molecule has 1 aliphatic heterocycles. The van der Waals surface area contributed by atoms with Crippen LogP contribution in [0.1, 0.15) is 42.6 Å². The molecule has 0 bridgehead atoms. The normalized spacial score (nSPS) is 16.8. The van der Waals surface area contributed by atoms with E-state index in [2.05, 4.69) is 12.0 Å². The molecular weight excluding hydrogens is 364 g/mol. The molecule has 140 valence electrons. The number of likely N-dealkylation sites (tertiary alicyclic amines) is 1. The van der Waals surface area contributed by atoms with Crippen molar-refractivity contribution in [3.05, 3.63) is 64.6 Å². The maximum atomic E-state index is 12.6. The first kappa shape index (κ1) is 17.8. The smallest absolute Gasteiger partial charge is 0.410 e. The first-order valence-corrected chi connectivity index (χ1v) is 9.55. The Kier molecular flexibility index (Phi) is 4.99. The highest BCUT2D eigenvalue weighted by Gasteiger charge is 2.33. The molecule has 7 heteroatoms. The summed E-state index contributed by atoms with van der Waals surface area (Å²) >= 11 is 6.41. The molecule has 1 saturated heterocycles. The monoisotopic (exact) mass is 384 g/mol. The van der Waals surface area contributed by atoms with Gasteiger partial charge in [0.05, 0.1) is 17.9 Å². The van der Waals surface area contributed by atoms with Crippen LogP contribution in [-0.2, 0) is 17.8 Å². The van der Waals surface area contributed by atoms with Crippen LogP contribution in [0, 0.1) is 0 Å². The fraction of sp³-hybridized carbons (Fsp3) is 0.350. The number of nitrogens with zero attached hydrogens (tertiary/aromatic N) is 4. The van der Waals surface area contributed by atoms with Gasteiger partial charge in [-0.2, -0.15) is 5.10 Å². The minimum absolute atomic E-state index is 0.129.